The summed E-state index contributed by atoms with van der Waals surface area (Å²) in [5.74, 6) is 0.949. The number of amides is 2. The fourth-order valence-corrected chi connectivity index (χ4v) is 4.61. The summed E-state index contributed by atoms with van der Waals surface area (Å²) in [6, 6.07) is 25.1. The van der Waals surface area contributed by atoms with Gasteiger partial charge in [0, 0.05) is 22.3 Å². The molecule has 9 heteroatoms. The number of carbonyl (C=O) groups excluding carboxylic acids is 2. The van der Waals surface area contributed by atoms with Crippen LogP contribution in [0.2, 0.25) is 5.02 Å². The van der Waals surface area contributed by atoms with Crippen molar-refractivity contribution in [2.45, 2.75) is 10.1 Å². The van der Waals surface area contributed by atoms with Crippen LogP contribution in [0.25, 0.3) is 0 Å². The summed E-state index contributed by atoms with van der Waals surface area (Å²) >= 11 is 7.30. The molecule has 0 aliphatic carbocycles. The van der Waals surface area contributed by atoms with Gasteiger partial charge >= 0.3 is 0 Å². The summed E-state index contributed by atoms with van der Waals surface area (Å²) in [7, 11) is 3.06. The van der Waals surface area contributed by atoms with Crippen LogP contribution >= 0.6 is 23.4 Å². The molecule has 4 rings (SSSR count). The van der Waals surface area contributed by atoms with Crippen LogP contribution in [-0.4, -0.2) is 31.0 Å². The third-order valence-corrected chi connectivity index (χ3v) is 6.82. The molecule has 1 aromatic heterocycles. The molecule has 4 aromatic rings. The van der Waals surface area contributed by atoms with Crippen molar-refractivity contribution in [3.8, 4) is 11.5 Å². The van der Waals surface area contributed by atoms with Gasteiger partial charge in [-0.25, -0.2) is 4.98 Å². The molecular formula is C28H24ClN3O4S. The van der Waals surface area contributed by atoms with Crippen LogP contribution < -0.4 is 20.1 Å². The molecule has 0 aliphatic rings. The van der Waals surface area contributed by atoms with Crippen LogP contribution in [0.5, 0.6) is 11.5 Å². The van der Waals surface area contributed by atoms with E-state index in [-0.39, 0.29) is 11.8 Å². The molecule has 2 N–H and O–H groups in total. The molecule has 0 bridgehead atoms. The number of halogens is 1. The molecule has 0 radical (unpaired) electrons. The number of aromatic nitrogens is 1. The van der Waals surface area contributed by atoms with Crippen LogP contribution in [0.1, 0.15) is 21.2 Å². The number of thioether (sulfide) groups is 1. The summed E-state index contributed by atoms with van der Waals surface area (Å²) in [6.45, 7) is 0. The molecule has 188 valence electrons. The minimum absolute atomic E-state index is 0.211. The number of benzene rings is 3. The lowest BCUT2D eigenvalue weighted by atomic mass is 10.1. The molecule has 0 fully saturated rings. The third kappa shape index (κ3) is 6.81. The minimum atomic E-state index is -0.522. The van der Waals surface area contributed by atoms with Gasteiger partial charge in [0.05, 0.1) is 19.2 Å². The highest BCUT2D eigenvalue weighted by Gasteiger charge is 2.22. The second-order valence-electron chi connectivity index (χ2n) is 7.81. The van der Waals surface area contributed by atoms with Crippen LogP contribution in [0.15, 0.2) is 96.0 Å². The number of anilines is 2. The molecule has 0 saturated heterocycles. The maximum Gasteiger partial charge on any atom is 0.255 e. The van der Waals surface area contributed by atoms with E-state index in [2.05, 4.69) is 15.6 Å². The summed E-state index contributed by atoms with van der Waals surface area (Å²) in [6.07, 6.45) is 1.48. The number of ether oxygens (including phenoxy) is 2. The molecule has 7 nitrogen and oxygen atoms in total. The third-order valence-electron chi connectivity index (χ3n) is 5.33. The van der Waals surface area contributed by atoms with E-state index >= 15 is 0 Å². The first-order valence-corrected chi connectivity index (χ1v) is 12.5. The van der Waals surface area contributed by atoms with Crippen LogP contribution in [0.3, 0.4) is 0 Å². The van der Waals surface area contributed by atoms with Crippen LogP contribution in [0, 0.1) is 0 Å². The van der Waals surface area contributed by atoms with Crippen molar-refractivity contribution < 1.29 is 19.1 Å². The Hall–Kier alpha value is -4.01. The van der Waals surface area contributed by atoms with Crippen molar-refractivity contribution in [2.75, 3.05) is 24.9 Å². The quantitative estimate of drug-likeness (QED) is 0.239. The van der Waals surface area contributed by atoms with E-state index in [4.69, 9.17) is 21.1 Å². The molecule has 1 unspecified atom stereocenters. The first-order chi connectivity index (χ1) is 18.0. The van der Waals surface area contributed by atoms with Crippen LogP contribution in [-0.2, 0) is 4.79 Å². The summed E-state index contributed by atoms with van der Waals surface area (Å²) in [5.41, 5.74) is 1.91. The van der Waals surface area contributed by atoms with Crippen molar-refractivity contribution in [3.05, 3.63) is 107 Å². The maximum absolute atomic E-state index is 13.2. The fourth-order valence-electron chi connectivity index (χ4n) is 3.48. The molecular weight excluding hydrogens is 510 g/mol. The maximum atomic E-state index is 13.2. The van der Waals surface area contributed by atoms with E-state index in [0.29, 0.717) is 33.6 Å². The lowest BCUT2D eigenvalue weighted by Gasteiger charge is -2.17. The van der Waals surface area contributed by atoms with Gasteiger partial charge < -0.3 is 20.1 Å². The lowest BCUT2D eigenvalue weighted by Crippen LogP contribution is -2.19. The number of hydrogen-bond acceptors (Lipinski definition) is 6. The number of nitrogens with zero attached hydrogens (tertiary/aromatic N) is 1. The Balaban J connectivity index is 1.47. The van der Waals surface area contributed by atoms with Crippen molar-refractivity contribution in [3.63, 3.8) is 0 Å². The molecule has 0 saturated carbocycles. The Labute approximate surface area is 224 Å². The van der Waals surface area contributed by atoms with Crippen molar-refractivity contribution >= 4 is 46.7 Å². The van der Waals surface area contributed by atoms with E-state index in [1.165, 1.54) is 32.2 Å². The first kappa shape index (κ1) is 26.1. The van der Waals surface area contributed by atoms with Gasteiger partial charge in [0.15, 0.2) is 11.5 Å². The van der Waals surface area contributed by atoms with E-state index in [1.807, 2.05) is 42.5 Å². The predicted octanol–water partition coefficient (Wildman–Crippen LogP) is 6.48. The largest absolute Gasteiger partial charge is 0.493 e. The molecule has 0 aliphatic heterocycles. The monoisotopic (exact) mass is 533 g/mol. The van der Waals surface area contributed by atoms with Gasteiger partial charge in [-0.3, -0.25) is 9.59 Å². The zero-order chi connectivity index (χ0) is 26.2. The molecule has 37 heavy (non-hydrogen) atoms. The summed E-state index contributed by atoms with van der Waals surface area (Å²) in [4.78, 5) is 30.9. The zero-order valence-electron chi connectivity index (χ0n) is 20.1. The van der Waals surface area contributed by atoms with Crippen molar-refractivity contribution in [2.24, 2.45) is 0 Å². The summed E-state index contributed by atoms with van der Waals surface area (Å²) < 4.78 is 10.5. The van der Waals surface area contributed by atoms with Gasteiger partial charge in [0.25, 0.3) is 5.91 Å². The average molecular weight is 534 g/mol. The minimum Gasteiger partial charge on any atom is -0.493 e. The van der Waals surface area contributed by atoms with E-state index in [1.54, 1.807) is 42.5 Å². The fraction of sp³-hybridized carbons (Fsp3) is 0.107. The highest BCUT2D eigenvalue weighted by molar-refractivity contribution is 8.00. The van der Waals surface area contributed by atoms with E-state index in [0.717, 1.165) is 10.5 Å². The van der Waals surface area contributed by atoms with Gasteiger partial charge in [-0.15, -0.1) is 11.8 Å². The Morgan fingerprint density at radius 2 is 1.59 bits per heavy atom. The highest BCUT2D eigenvalue weighted by Crippen LogP contribution is 2.37. The SMILES string of the molecule is COc1ccc(C(=O)Nc2ccc(SC(C(=O)Nc3ccc(Cl)cn3)c3ccccc3)cc2)cc1OC. The van der Waals surface area contributed by atoms with Gasteiger partial charge in [-0.2, -0.15) is 0 Å². The van der Waals surface area contributed by atoms with E-state index in [9.17, 15) is 9.59 Å². The molecule has 1 heterocycles. The number of rotatable bonds is 9. The molecule has 1 atom stereocenters. The number of carbonyl (C=O) groups is 2. The second-order valence-corrected chi connectivity index (χ2v) is 9.42. The topological polar surface area (TPSA) is 89.5 Å². The van der Waals surface area contributed by atoms with Gasteiger partial charge in [0.1, 0.15) is 11.1 Å². The number of hydrogen-bond donors (Lipinski definition) is 2. The summed E-state index contributed by atoms with van der Waals surface area (Å²) in [5, 5.41) is 5.70. The second kappa shape index (κ2) is 12.3. The lowest BCUT2D eigenvalue weighted by molar-refractivity contribution is -0.115. The Morgan fingerprint density at radius 3 is 2.24 bits per heavy atom. The normalized spacial score (nSPS) is 11.3. The highest BCUT2D eigenvalue weighted by atomic mass is 35.5. The van der Waals surface area contributed by atoms with Gasteiger partial charge in [-0.1, -0.05) is 41.9 Å². The molecule has 0 spiro atoms. The van der Waals surface area contributed by atoms with Crippen molar-refractivity contribution in [1.82, 2.24) is 4.98 Å². The standard InChI is InChI=1S/C28H24ClN3O4S/c1-35-23-14-8-19(16-24(23)36-2)27(33)31-21-10-12-22(13-11-21)37-26(18-6-4-3-5-7-18)28(34)32-25-15-9-20(29)17-30-25/h3-17,26H,1-2H3,(H,31,33)(H,30,32,34). The number of nitrogens with one attached hydrogen (secondary N) is 2. The number of pyridine rings is 1. The smallest absolute Gasteiger partial charge is 0.255 e. The van der Waals surface area contributed by atoms with Gasteiger partial charge in [0.2, 0.25) is 5.91 Å². The first-order valence-electron chi connectivity index (χ1n) is 11.2. The van der Waals surface area contributed by atoms with Gasteiger partial charge in [-0.05, 0) is 60.2 Å². The zero-order valence-corrected chi connectivity index (χ0v) is 21.7. The average Bonchev–Trinajstić information content (AvgIpc) is 2.93. The van der Waals surface area contributed by atoms with Crippen LogP contribution in [0.4, 0.5) is 11.5 Å². The predicted molar refractivity (Wildman–Crippen MR) is 147 cm³/mol. The molecule has 3 aromatic carbocycles. The Morgan fingerprint density at radius 1 is 0.865 bits per heavy atom. The number of methoxy groups -OCH3 is 2. The molecule has 2 amide bonds. The van der Waals surface area contributed by atoms with Crippen molar-refractivity contribution in [1.29, 1.82) is 0 Å². The van der Waals surface area contributed by atoms with E-state index < -0.39 is 5.25 Å². The Kier molecular flexibility index (Phi) is 8.66. The Bertz CT molecular complexity index is 1370.